The first-order valence-electron chi connectivity index (χ1n) is 7.24. The minimum Gasteiger partial charge on any atom is -0.383 e. The first-order valence-corrected chi connectivity index (χ1v) is 7.24. The molecule has 5 heteroatoms. The van der Waals surface area contributed by atoms with E-state index >= 15 is 0 Å². The lowest BCUT2D eigenvalue weighted by molar-refractivity contribution is -0.159. The van der Waals surface area contributed by atoms with E-state index in [1.54, 1.807) is 14.2 Å². The van der Waals surface area contributed by atoms with Crippen molar-refractivity contribution in [1.29, 1.82) is 0 Å². The molecule has 1 aliphatic heterocycles. The zero-order chi connectivity index (χ0) is 14.1. The van der Waals surface area contributed by atoms with E-state index in [9.17, 15) is 4.79 Å². The number of amides is 1. The number of hydrogen-bond donors (Lipinski definition) is 1. The van der Waals surface area contributed by atoms with Crippen molar-refractivity contribution in [1.82, 2.24) is 10.2 Å². The van der Waals surface area contributed by atoms with Crippen molar-refractivity contribution in [3.63, 3.8) is 0 Å². The Hall–Kier alpha value is -0.650. The lowest BCUT2D eigenvalue weighted by Gasteiger charge is -2.39. The van der Waals surface area contributed by atoms with Gasteiger partial charge in [0.25, 0.3) is 5.91 Å². The Morgan fingerprint density at radius 3 is 2.47 bits per heavy atom. The van der Waals surface area contributed by atoms with Gasteiger partial charge in [0.15, 0.2) is 0 Å². The number of rotatable bonds is 8. The summed E-state index contributed by atoms with van der Waals surface area (Å²) in [5.74, 6) is 0.127. The lowest BCUT2D eigenvalue weighted by atomic mass is 9.90. The SMILES string of the molecule is CCCCN(CCOC)C(=O)C1(OC)CCNCC1. The van der Waals surface area contributed by atoms with Crippen LogP contribution < -0.4 is 5.32 Å². The van der Waals surface area contributed by atoms with Crippen LogP contribution in [0.4, 0.5) is 0 Å². The van der Waals surface area contributed by atoms with Crippen LogP contribution in [-0.2, 0) is 14.3 Å². The quantitative estimate of drug-likeness (QED) is 0.717. The second-order valence-electron chi connectivity index (χ2n) is 5.09. The molecule has 19 heavy (non-hydrogen) atoms. The molecule has 0 aromatic rings. The lowest BCUT2D eigenvalue weighted by Crippen LogP contribution is -2.56. The summed E-state index contributed by atoms with van der Waals surface area (Å²) < 4.78 is 10.7. The molecule has 5 nitrogen and oxygen atoms in total. The van der Waals surface area contributed by atoms with Gasteiger partial charge in [-0.3, -0.25) is 4.79 Å². The van der Waals surface area contributed by atoms with Crippen molar-refractivity contribution in [2.75, 3.05) is 47.0 Å². The maximum absolute atomic E-state index is 12.8. The highest BCUT2D eigenvalue weighted by Gasteiger charge is 2.42. The number of ether oxygens (including phenoxy) is 2. The standard InChI is InChI=1S/C14H28N2O3/c1-4-5-10-16(11-12-18-2)13(17)14(19-3)6-8-15-9-7-14/h15H,4-12H2,1-3H3. The maximum atomic E-state index is 12.8. The van der Waals surface area contributed by atoms with Crippen molar-refractivity contribution in [2.24, 2.45) is 0 Å². The third-order valence-electron chi connectivity index (χ3n) is 3.83. The van der Waals surface area contributed by atoms with Crippen LogP contribution in [0.2, 0.25) is 0 Å². The van der Waals surface area contributed by atoms with Crippen LogP contribution in [0, 0.1) is 0 Å². The predicted molar refractivity (Wildman–Crippen MR) is 75.2 cm³/mol. The van der Waals surface area contributed by atoms with Gasteiger partial charge in [0.2, 0.25) is 0 Å². The fraction of sp³-hybridized carbons (Fsp3) is 0.929. The Balaban J connectivity index is 2.70. The second kappa shape index (κ2) is 8.51. The molecule has 1 rings (SSSR count). The van der Waals surface area contributed by atoms with Crippen LogP contribution in [0.3, 0.4) is 0 Å². The third kappa shape index (κ3) is 4.44. The van der Waals surface area contributed by atoms with E-state index in [-0.39, 0.29) is 5.91 Å². The average molecular weight is 272 g/mol. The Bertz CT molecular complexity index is 257. The Morgan fingerprint density at radius 2 is 1.95 bits per heavy atom. The summed E-state index contributed by atoms with van der Waals surface area (Å²) in [7, 11) is 3.32. The van der Waals surface area contributed by atoms with Gasteiger partial charge in [0, 0.05) is 27.3 Å². The molecule has 0 aliphatic carbocycles. The van der Waals surface area contributed by atoms with Gasteiger partial charge in [-0.25, -0.2) is 0 Å². The number of unbranched alkanes of at least 4 members (excludes halogenated alkanes) is 1. The summed E-state index contributed by atoms with van der Waals surface area (Å²) in [6.45, 7) is 5.82. The Morgan fingerprint density at radius 1 is 1.26 bits per heavy atom. The predicted octanol–water partition coefficient (Wildman–Crippen LogP) is 1.03. The van der Waals surface area contributed by atoms with Crippen molar-refractivity contribution in [3.05, 3.63) is 0 Å². The number of carbonyl (C=O) groups is 1. The molecular formula is C14H28N2O3. The molecule has 1 heterocycles. The highest BCUT2D eigenvalue weighted by molar-refractivity contribution is 5.85. The summed E-state index contributed by atoms with van der Waals surface area (Å²) in [5.41, 5.74) is -0.632. The first-order chi connectivity index (χ1) is 9.20. The first kappa shape index (κ1) is 16.4. The fourth-order valence-electron chi connectivity index (χ4n) is 2.49. The van der Waals surface area contributed by atoms with E-state index in [2.05, 4.69) is 12.2 Å². The normalized spacial score (nSPS) is 18.3. The van der Waals surface area contributed by atoms with E-state index < -0.39 is 5.60 Å². The second-order valence-corrected chi connectivity index (χ2v) is 5.09. The van der Waals surface area contributed by atoms with Crippen LogP contribution in [0.25, 0.3) is 0 Å². The van der Waals surface area contributed by atoms with Crippen LogP contribution >= 0.6 is 0 Å². The Labute approximate surface area is 116 Å². The molecule has 1 amide bonds. The van der Waals surface area contributed by atoms with Crippen LogP contribution in [0.1, 0.15) is 32.6 Å². The molecule has 0 bridgehead atoms. The zero-order valence-corrected chi connectivity index (χ0v) is 12.5. The van der Waals surface area contributed by atoms with Crippen molar-refractivity contribution < 1.29 is 14.3 Å². The molecule has 1 fully saturated rings. The topological polar surface area (TPSA) is 50.8 Å². The van der Waals surface area contributed by atoms with Gasteiger partial charge >= 0.3 is 0 Å². The highest BCUT2D eigenvalue weighted by atomic mass is 16.5. The highest BCUT2D eigenvalue weighted by Crippen LogP contribution is 2.25. The summed E-state index contributed by atoms with van der Waals surface area (Å²) in [6, 6.07) is 0. The molecular weight excluding hydrogens is 244 g/mol. The average Bonchev–Trinajstić information content (AvgIpc) is 2.47. The number of nitrogens with one attached hydrogen (secondary N) is 1. The number of piperidine rings is 1. The van der Waals surface area contributed by atoms with E-state index in [0.717, 1.165) is 45.3 Å². The minimum absolute atomic E-state index is 0.127. The molecule has 0 saturated carbocycles. The van der Waals surface area contributed by atoms with Gasteiger partial charge in [-0.2, -0.15) is 0 Å². The molecule has 112 valence electrons. The van der Waals surface area contributed by atoms with Gasteiger partial charge in [-0.1, -0.05) is 13.3 Å². The smallest absolute Gasteiger partial charge is 0.254 e. The minimum atomic E-state index is -0.632. The van der Waals surface area contributed by atoms with E-state index in [4.69, 9.17) is 9.47 Å². The van der Waals surface area contributed by atoms with Crippen molar-refractivity contribution in [3.8, 4) is 0 Å². The van der Waals surface area contributed by atoms with E-state index in [1.807, 2.05) is 4.90 Å². The molecule has 0 aromatic heterocycles. The van der Waals surface area contributed by atoms with Crippen LogP contribution in [0.5, 0.6) is 0 Å². The third-order valence-corrected chi connectivity index (χ3v) is 3.83. The molecule has 0 spiro atoms. The summed E-state index contributed by atoms with van der Waals surface area (Å²) >= 11 is 0. The van der Waals surface area contributed by atoms with Crippen molar-refractivity contribution in [2.45, 2.75) is 38.2 Å². The van der Waals surface area contributed by atoms with Crippen molar-refractivity contribution >= 4 is 5.91 Å². The molecule has 0 radical (unpaired) electrons. The van der Waals surface area contributed by atoms with E-state index in [0.29, 0.717) is 13.2 Å². The molecule has 0 unspecified atom stereocenters. The summed E-state index contributed by atoms with van der Waals surface area (Å²) in [5, 5.41) is 3.28. The van der Waals surface area contributed by atoms with Gasteiger partial charge < -0.3 is 19.7 Å². The maximum Gasteiger partial charge on any atom is 0.254 e. The summed E-state index contributed by atoms with van der Waals surface area (Å²) in [4.78, 5) is 14.7. The number of nitrogens with zero attached hydrogens (tertiary/aromatic N) is 1. The Kier molecular flexibility index (Phi) is 7.34. The van der Waals surface area contributed by atoms with Crippen LogP contribution in [-0.4, -0.2) is 63.4 Å². The monoisotopic (exact) mass is 272 g/mol. The molecule has 1 aliphatic rings. The number of methoxy groups -OCH3 is 2. The van der Waals surface area contributed by atoms with E-state index in [1.165, 1.54) is 0 Å². The van der Waals surface area contributed by atoms with Crippen LogP contribution in [0.15, 0.2) is 0 Å². The fourth-order valence-corrected chi connectivity index (χ4v) is 2.49. The molecule has 0 atom stereocenters. The number of hydrogen-bond acceptors (Lipinski definition) is 4. The number of carbonyl (C=O) groups excluding carboxylic acids is 1. The molecule has 1 saturated heterocycles. The summed E-state index contributed by atoms with van der Waals surface area (Å²) in [6.07, 6.45) is 3.60. The largest absolute Gasteiger partial charge is 0.383 e. The van der Waals surface area contributed by atoms with Gasteiger partial charge in [0.1, 0.15) is 5.60 Å². The van der Waals surface area contributed by atoms with Gasteiger partial charge in [-0.15, -0.1) is 0 Å². The van der Waals surface area contributed by atoms with Gasteiger partial charge in [0.05, 0.1) is 6.61 Å². The zero-order valence-electron chi connectivity index (χ0n) is 12.5. The molecule has 1 N–H and O–H groups in total. The van der Waals surface area contributed by atoms with Gasteiger partial charge in [-0.05, 0) is 32.4 Å². The molecule has 0 aromatic carbocycles.